The molecule has 288 valence electrons. The Morgan fingerprint density at radius 2 is 1.19 bits per heavy atom. The van der Waals surface area contributed by atoms with Crippen molar-refractivity contribution in [2.24, 2.45) is 11.8 Å². The number of hydrogen-bond donors (Lipinski definition) is 0. The van der Waals surface area contributed by atoms with Crippen LogP contribution in [0.1, 0.15) is 98.3 Å². The Hall–Kier alpha value is -5.12. The fraction of sp³-hybridized carbons (Fsp3) is 0.455. The van der Waals surface area contributed by atoms with Gasteiger partial charge in [0, 0.05) is 24.0 Å². The first-order valence-electron chi connectivity index (χ1n) is 19.1. The Kier molecular flexibility index (Phi) is 14.7. The van der Waals surface area contributed by atoms with Gasteiger partial charge < -0.3 is 28.4 Å². The maximum atomic E-state index is 13.2. The number of benzene rings is 3. The number of fused-ring (bicyclic) bond motifs is 3. The monoisotopic (exact) mass is 740 g/mol. The van der Waals surface area contributed by atoms with Crippen LogP contribution >= 0.6 is 0 Å². The van der Waals surface area contributed by atoms with Crippen LogP contribution in [0.3, 0.4) is 0 Å². The second-order valence-electron chi connectivity index (χ2n) is 14.3. The largest absolute Gasteiger partial charge is 0.494 e. The molecule has 3 aromatic carbocycles. The molecule has 0 amide bonds. The lowest BCUT2D eigenvalue weighted by Gasteiger charge is -2.36. The zero-order valence-corrected chi connectivity index (χ0v) is 31.3. The topological polar surface area (TPSA) is 124 Å². The number of carbonyl (C=O) groups excluding carboxylic acids is 4. The maximum absolute atomic E-state index is 13.2. The predicted molar refractivity (Wildman–Crippen MR) is 204 cm³/mol. The lowest BCUT2D eigenvalue weighted by molar-refractivity contribution is -0.138. The van der Waals surface area contributed by atoms with E-state index in [0.717, 1.165) is 80.4 Å². The van der Waals surface area contributed by atoms with Gasteiger partial charge in [0.15, 0.2) is 0 Å². The molecule has 3 aromatic rings. The number of esters is 4. The minimum Gasteiger partial charge on any atom is -0.494 e. The van der Waals surface area contributed by atoms with Crippen LogP contribution in [0.15, 0.2) is 86.0 Å². The standard InChI is InChI=1S/C44H52O10/c1-4-40(45)51-24-12-8-6-10-22-49-37-19-16-31(17-20-37)43(48)54-44(3)30-35-27-36(44)29-39(35)53-42(47)34-15-14-33-28-38(21-18-32(33)26-34)50-23-11-7-9-13-25-52-41(46)5-2/h4-5,14-21,26,28,35-36,39H,1-2,6-13,22-25,27,29-30H2,3H3/t35-,36-,39-,44-/m0/s1. The second-order valence-corrected chi connectivity index (χ2v) is 14.3. The highest BCUT2D eigenvalue weighted by atomic mass is 16.6. The van der Waals surface area contributed by atoms with Gasteiger partial charge in [0.25, 0.3) is 0 Å². The zero-order valence-electron chi connectivity index (χ0n) is 31.3. The SMILES string of the molecule is C=CC(=O)OCCCCCCOc1ccc(C(=O)O[C@@]2(C)C[C@@H]3C[C@H]2C[C@@H]3OC(=O)c2ccc3cc(OCCCCCCOC(=O)C=C)ccc3c2)cc1. The van der Waals surface area contributed by atoms with Crippen LogP contribution in [0.25, 0.3) is 10.8 Å². The first kappa shape index (κ1) is 40.1. The van der Waals surface area contributed by atoms with Crippen LogP contribution in [0, 0.1) is 11.8 Å². The van der Waals surface area contributed by atoms with Gasteiger partial charge in [-0.1, -0.05) is 25.3 Å². The molecule has 4 atom stereocenters. The van der Waals surface area contributed by atoms with Gasteiger partial charge in [-0.15, -0.1) is 0 Å². The fourth-order valence-electron chi connectivity index (χ4n) is 7.32. The number of rotatable bonds is 22. The summed E-state index contributed by atoms with van der Waals surface area (Å²) in [6.07, 6.45) is 11.5. The van der Waals surface area contributed by atoms with Gasteiger partial charge in [-0.3, -0.25) is 0 Å². The van der Waals surface area contributed by atoms with E-state index in [1.54, 1.807) is 30.3 Å². The molecule has 0 N–H and O–H groups in total. The van der Waals surface area contributed by atoms with Gasteiger partial charge >= 0.3 is 23.9 Å². The first-order valence-corrected chi connectivity index (χ1v) is 19.1. The maximum Gasteiger partial charge on any atom is 0.338 e. The van der Waals surface area contributed by atoms with E-state index >= 15 is 0 Å². The quantitative estimate of drug-likeness (QED) is 0.0428. The van der Waals surface area contributed by atoms with E-state index in [2.05, 4.69) is 13.2 Å². The van der Waals surface area contributed by atoms with Gasteiger partial charge in [0.2, 0.25) is 0 Å². The molecule has 0 heterocycles. The minimum absolute atomic E-state index is 0.109. The molecule has 2 aliphatic carbocycles. The van der Waals surface area contributed by atoms with Crippen LogP contribution in [0.4, 0.5) is 0 Å². The molecule has 2 aliphatic rings. The summed E-state index contributed by atoms with van der Waals surface area (Å²) in [6.45, 7) is 10.7. The number of ether oxygens (including phenoxy) is 6. The van der Waals surface area contributed by atoms with Crippen molar-refractivity contribution in [3.8, 4) is 11.5 Å². The fourth-order valence-corrected chi connectivity index (χ4v) is 7.32. The summed E-state index contributed by atoms with van der Waals surface area (Å²) in [4.78, 5) is 48.5. The lowest BCUT2D eigenvalue weighted by atomic mass is 9.84. The van der Waals surface area contributed by atoms with Crippen molar-refractivity contribution in [1.82, 2.24) is 0 Å². The van der Waals surface area contributed by atoms with E-state index < -0.39 is 11.6 Å². The Labute approximate surface area is 317 Å². The summed E-state index contributed by atoms with van der Waals surface area (Å²) in [5.41, 5.74) is 0.355. The third-order valence-corrected chi connectivity index (χ3v) is 10.3. The molecule has 0 aromatic heterocycles. The lowest BCUT2D eigenvalue weighted by Crippen LogP contribution is -2.41. The summed E-state index contributed by atoms with van der Waals surface area (Å²) in [6, 6.07) is 18.4. The summed E-state index contributed by atoms with van der Waals surface area (Å²) < 4.78 is 33.9. The van der Waals surface area contributed by atoms with Crippen molar-refractivity contribution in [2.45, 2.75) is 89.3 Å². The molecule has 5 rings (SSSR count). The van der Waals surface area contributed by atoms with Crippen LogP contribution in [0.2, 0.25) is 0 Å². The Balaban J connectivity index is 1.00. The summed E-state index contributed by atoms with van der Waals surface area (Å²) in [7, 11) is 0. The van der Waals surface area contributed by atoms with Crippen molar-refractivity contribution in [1.29, 1.82) is 0 Å². The highest BCUT2D eigenvalue weighted by Gasteiger charge is 2.56. The van der Waals surface area contributed by atoms with Crippen molar-refractivity contribution < 1.29 is 47.6 Å². The Morgan fingerprint density at radius 1 is 0.648 bits per heavy atom. The first-order chi connectivity index (χ1) is 26.2. The zero-order chi connectivity index (χ0) is 38.3. The van der Waals surface area contributed by atoms with E-state index in [-0.39, 0.29) is 35.8 Å². The highest BCUT2D eigenvalue weighted by molar-refractivity contribution is 5.96. The molecule has 54 heavy (non-hydrogen) atoms. The van der Waals surface area contributed by atoms with Crippen molar-refractivity contribution in [3.63, 3.8) is 0 Å². The third-order valence-electron chi connectivity index (χ3n) is 10.3. The summed E-state index contributed by atoms with van der Waals surface area (Å²) >= 11 is 0. The van der Waals surface area contributed by atoms with E-state index in [1.807, 2.05) is 37.3 Å². The molecule has 0 radical (unpaired) electrons. The molecular formula is C44H52O10. The van der Waals surface area contributed by atoms with Crippen molar-refractivity contribution >= 4 is 34.6 Å². The van der Waals surface area contributed by atoms with Gasteiger partial charge in [0.05, 0.1) is 37.6 Å². The molecule has 0 spiro atoms. The van der Waals surface area contributed by atoms with Crippen LogP contribution in [-0.4, -0.2) is 62.0 Å². The van der Waals surface area contributed by atoms with Crippen molar-refractivity contribution in [2.75, 3.05) is 26.4 Å². The summed E-state index contributed by atoms with van der Waals surface area (Å²) in [5.74, 6) is 0.202. The average molecular weight is 741 g/mol. The van der Waals surface area contributed by atoms with E-state index in [4.69, 9.17) is 28.4 Å². The number of unbranched alkanes of at least 4 members (excludes halogenated alkanes) is 6. The van der Waals surface area contributed by atoms with Gasteiger partial charge in [0.1, 0.15) is 23.2 Å². The molecule has 0 saturated heterocycles. The molecule has 2 bridgehead atoms. The molecule has 10 nitrogen and oxygen atoms in total. The van der Waals surface area contributed by atoms with Gasteiger partial charge in [-0.2, -0.15) is 0 Å². The van der Waals surface area contributed by atoms with Gasteiger partial charge in [-0.25, -0.2) is 19.2 Å². The van der Waals surface area contributed by atoms with Crippen LogP contribution in [-0.2, 0) is 28.5 Å². The minimum atomic E-state index is -0.617. The van der Waals surface area contributed by atoms with Crippen LogP contribution in [0.5, 0.6) is 11.5 Å². The smallest absolute Gasteiger partial charge is 0.338 e. The number of carbonyl (C=O) groups is 4. The third kappa shape index (κ3) is 11.4. The Morgan fingerprint density at radius 3 is 1.78 bits per heavy atom. The summed E-state index contributed by atoms with van der Waals surface area (Å²) in [5, 5.41) is 1.90. The second kappa shape index (κ2) is 19.8. The molecule has 2 saturated carbocycles. The molecular weight excluding hydrogens is 688 g/mol. The molecule has 0 aliphatic heterocycles. The Bertz CT molecular complexity index is 1760. The van der Waals surface area contributed by atoms with E-state index in [1.165, 1.54) is 6.08 Å². The molecule has 0 unspecified atom stereocenters. The van der Waals surface area contributed by atoms with Crippen LogP contribution < -0.4 is 9.47 Å². The predicted octanol–water partition coefficient (Wildman–Crippen LogP) is 8.75. The van der Waals surface area contributed by atoms with E-state index in [9.17, 15) is 19.2 Å². The van der Waals surface area contributed by atoms with E-state index in [0.29, 0.717) is 56.1 Å². The van der Waals surface area contributed by atoms with Gasteiger partial charge in [-0.05, 0) is 137 Å². The highest BCUT2D eigenvalue weighted by Crippen LogP contribution is 2.54. The number of hydrogen-bond acceptors (Lipinski definition) is 10. The van der Waals surface area contributed by atoms with Crippen molar-refractivity contribution in [3.05, 3.63) is 97.1 Å². The molecule has 10 heteroatoms. The molecule has 2 fully saturated rings. The average Bonchev–Trinajstić information content (AvgIpc) is 3.73. The normalized spacial score (nSPS) is 19.8.